The molecule has 0 aromatic heterocycles. The van der Waals surface area contributed by atoms with Crippen molar-refractivity contribution in [2.75, 3.05) is 13.6 Å². The summed E-state index contributed by atoms with van der Waals surface area (Å²) in [7, 11) is 1.83. The predicted molar refractivity (Wildman–Crippen MR) is 99.7 cm³/mol. The van der Waals surface area contributed by atoms with Crippen molar-refractivity contribution in [3.05, 3.63) is 0 Å². The summed E-state index contributed by atoms with van der Waals surface area (Å²) in [5.41, 5.74) is 11.7. The van der Waals surface area contributed by atoms with E-state index in [4.69, 9.17) is 11.5 Å². The molecule has 1 aliphatic rings. The molecule has 7 heteroatoms. The van der Waals surface area contributed by atoms with E-state index in [2.05, 4.69) is 35.9 Å². The molecular weight excluding hydrogens is 316 g/mol. The van der Waals surface area contributed by atoms with Gasteiger partial charge in [-0.2, -0.15) is 25.3 Å². The van der Waals surface area contributed by atoms with Crippen molar-refractivity contribution in [2.24, 2.45) is 11.5 Å². The Hall–Kier alpha value is 0.0500. The Morgan fingerprint density at radius 3 is 2.59 bits per heavy atom. The molecule has 1 aliphatic carbocycles. The fraction of sp³-hybridized carbons (Fsp3) is 0.933. The average Bonchev–Trinajstić information content (AvgIpc) is 2.47. The number of thiol groups is 2. The van der Waals surface area contributed by atoms with Gasteiger partial charge in [0, 0.05) is 22.6 Å². The van der Waals surface area contributed by atoms with E-state index in [0.717, 1.165) is 44.9 Å². The van der Waals surface area contributed by atoms with E-state index in [0.29, 0.717) is 6.54 Å². The van der Waals surface area contributed by atoms with E-state index in [1.165, 1.54) is 0 Å². The number of amides is 1. The molecule has 5 atom stereocenters. The van der Waals surface area contributed by atoms with Crippen LogP contribution in [-0.2, 0) is 4.79 Å². The van der Waals surface area contributed by atoms with Gasteiger partial charge in [-0.05, 0) is 52.1 Å². The molecular formula is C15H32N4OS2. The maximum Gasteiger partial charge on any atom is 0.237 e. The molecule has 1 amide bonds. The van der Waals surface area contributed by atoms with Gasteiger partial charge in [0.25, 0.3) is 0 Å². The smallest absolute Gasteiger partial charge is 0.237 e. The Kier molecular flexibility index (Phi) is 9.82. The number of unbranched alkanes of at least 4 members (excludes halogenated alkanes) is 1. The molecule has 1 rings (SSSR count). The van der Waals surface area contributed by atoms with E-state index >= 15 is 0 Å². The Balaban J connectivity index is 2.49. The highest BCUT2D eigenvalue weighted by Crippen LogP contribution is 2.25. The van der Waals surface area contributed by atoms with Crippen molar-refractivity contribution < 1.29 is 4.79 Å². The van der Waals surface area contributed by atoms with Gasteiger partial charge in [-0.1, -0.05) is 6.42 Å². The molecule has 0 radical (unpaired) electrons. The molecule has 0 aromatic rings. The fourth-order valence-electron chi connectivity index (χ4n) is 2.94. The minimum atomic E-state index is -0.155. The van der Waals surface area contributed by atoms with Crippen LogP contribution in [0.25, 0.3) is 0 Å². The number of carbonyl (C=O) groups is 1. The van der Waals surface area contributed by atoms with Crippen molar-refractivity contribution in [3.63, 3.8) is 0 Å². The first kappa shape index (κ1) is 20.1. The number of hydrogen-bond acceptors (Lipinski definition) is 6. The van der Waals surface area contributed by atoms with Gasteiger partial charge in [0.2, 0.25) is 5.91 Å². The zero-order valence-electron chi connectivity index (χ0n) is 13.5. The molecule has 130 valence electrons. The van der Waals surface area contributed by atoms with Crippen molar-refractivity contribution >= 4 is 31.2 Å². The molecule has 0 bridgehead atoms. The second-order valence-corrected chi connectivity index (χ2v) is 7.60. The summed E-state index contributed by atoms with van der Waals surface area (Å²) in [5.74, 6) is 0.0652. The Morgan fingerprint density at radius 1 is 1.23 bits per heavy atom. The second kappa shape index (κ2) is 10.8. The molecule has 0 saturated heterocycles. The van der Waals surface area contributed by atoms with Crippen LogP contribution in [0.15, 0.2) is 0 Å². The van der Waals surface area contributed by atoms with Gasteiger partial charge in [0.05, 0.1) is 6.04 Å². The van der Waals surface area contributed by atoms with Gasteiger partial charge in [0.15, 0.2) is 0 Å². The molecule has 6 N–H and O–H groups in total. The maximum atomic E-state index is 12.4. The Morgan fingerprint density at radius 2 is 1.95 bits per heavy atom. The summed E-state index contributed by atoms with van der Waals surface area (Å²) in [4.78, 5) is 12.4. The Labute approximate surface area is 145 Å². The first-order chi connectivity index (χ1) is 10.5. The third-order valence-corrected chi connectivity index (χ3v) is 5.77. The normalized spacial score (nSPS) is 31.1. The zero-order chi connectivity index (χ0) is 16.5. The number of carbonyl (C=O) groups excluding carboxylic acids is 1. The highest BCUT2D eigenvalue weighted by atomic mass is 32.1. The van der Waals surface area contributed by atoms with Gasteiger partial charge in [-0.3, -0.25) is 4.79 Å². The van der Waals surface area contributed by atoms with E-state index in [9.17, 15) is 4.79 Å². The third-order valence-electron chi connectivity index (χ3n) is 4.34. The summed E-state index contributed by atoms with van der Waals surface area (Å²) >= 11 is 9.16. The van der Waals surface area contributed by atoms with Crippen LogP contribution in [-0.4, -0.2) is 48.1 Å². The summed E-state index contributed by atoms with van der Waals surface area (Å²) in [6.45, 7) is 0.670. The summed E-state index contributed by atoms with van der Waals surface area (Å²) in [6, 6.07) is 0.0361. The topological polar surface area (TPSA) is 93.2 Å². The predicted octanol–water partition coefficient (Wildman–Crippen LogP) is 0.686. The van der Waals surface area contributed by atoms with Gasteiger partial charge in [-0.25, -0.2) is 0 Å². The van der Waals surface area contributed by atoms with Gasteiger partial charge < -0.3 is 22.1 Å². The van der Waals surface area contributed by atoms with Crippen LogP contribution in [0.5, 0.6) is 0 Å². The lowest BCUT2D eigenvalue weighted by Crippen LogP contribution is -2.49. The highest BCUT2D eigenvalue weighted by Gasteiger charge is 2.27. The Bertz CT molecular complexity index is 333. The van der Waals surface area contributed by atoms with Crippen molar-refractivity contribution in [3.8, 4) is 0 Å². The summed E-state index contributed by atoms with van der Waals surface area (Å²) in [5, 5.41) is 6.72. The molecule has 1 saturated carbocycles. The zero-order valence-corrected chi connectivity index (χ0v) is 15.3. The SMILES string of the molecule is CN[C@@H](CCCCN)C(=O)NC1CCC(S)C(S)CC(N)C1. The van der Waals surface area contributed by atoms with Crippen LogP contribution < -0.4 is 22.1 Å². The van der Waals surface area contributed by atoms with Gasteiger partial charge in [0.1, 0.15) is 0 Å². The van der Waals surface area contributed by atoms with E-state index < -0.39 is 0 Å². The molecule has 4 unspecified atom stereocenters. The van der Waals surface area contributed by atoms with Crippen molar-refractivity contribution in [2.45, 2.75) is 73.6 Å². The second-order valence-electron chi connectivity index (χ2n) is 6.27. The number of nitrogens with one attached hydrogen (secondary N) is 2. The fourth-order valence-corrected chi connectivity index (χ4v) is 3.63. The van der Waals surface area contributed by atoms with Crippen LogP contribution in [0.3, 0.4) is 0 Å². The molecule has 0 spiro atoms. The summed E-state index contributed by atoms with van der Waals surface area (Å²) in [6.07, 6.45) is 6.23. The van der Waals surface area contributed by atoms with E-state index in [1.807, 2.05) is 7.05 Å². The maximum absolute atomic E-state index is 12.4. The van der Waals surface area contributed by atoms with Gasteiger partial charge in [-0.15, -0.1) is 0 Å². The molecule has 5 nitrogen and oxygen atoms in total. The summed E-state index contributed by atoms with van der Waals surface area (Å²) < 4.78 is 0. The lowest BCUT2D eigenvalue weighted by molar-refractivity contribution is -0.124. The molecule has 1 fully saturated rings. The molecule has 0 heterocycles. The first-order valence-electron chi connectivity index (χ1n) is 8.27. The molecule has 0 aliphatic heterocycles. The monoisotopic (exact) mass is 348 g/mol. The van der Waals surface area contributed by atoms with Crippen LogP contribution >= 0.6 is 25.3 Å². The largest absolute Gasteiger partial charge is 0.352 e. The van der Waals surface area contributed by atoms with E-state index in [1.54, 1.807) is 0 Å². The number of hydrogen-bond donors (Lipinski definition) is 6. The lowest BCUT2D eigenvalue weighted by Gasteiger charge is -2.31. The molecule has 22 heavy (non-hydrogen) atoms. The molecule has 0 aromatic carbocycles. The number of likely N-dealkylation sites (N-methyl/N-ethyl adjacent to an activating group) is 1. The quantitative estimate of drug-likeness (QED) is 0.301. The minimum absolute atomic E-state index is 0.0630. The van der Waals surface area contributed by atoms with Crippen molar-refractivity contribution in [1.29, 1.82) is 0 Å². The van der Waals surface area contributed by atoms with Crippen LogP contribution in [0.4, 0.5) is 0 Å². The number of rotatable bonds is 7. The minimum Gasteiger partial charge on any atom is -0.352 e. The third kappa shape index (κ3) is 7.08. The average molecular weight is 349 g/mol. The van der Waals surface area contributed by atoms with Gasteiger partial charge >= 0.3 is 0 Å². The van der Waals surface area contributed by atoms with Crippen LogP contribution in [0.2, 0.25) is 0 Å². The standard InChI is InChI=1S/C15H32N4OS2/c1-18-12(4-2-3-7-16)15(20)19-11-5-6-13(21)14(22)9-10(17)8-11/h10-14,18,21-22H,2-9,16-17H2,1H3,(H,19,20)/t10?,11?,12-,13?,14?/m0/s1. The first-order valence-corrected chi connectivity index (χ1v) is 9.30. The number of nitrogens with two attached hydrogens (primary N) is 2. The van der Waals surface area contributed by atoms with Crippen molar-refractivity contribution in [1.82, 2.24) is 10.6 Å². The lowest BCUT2D eigenvalue weighted by atomic mass is 9.92. The van der Waals surface area contributed by atoms with E-state index in [-0.39, 0.29) is 34.5 Å². The van der Waals surface area contributed by atoms with Crippen LogP contribution in [0, 0.1) is 0 Å². The van der Waals surface area contributed by atoms with Crippen LogP contribution in [0.1, 0.15) is 44.9 Å². The highest BCUT2D eigenvalue weighted by molar-refractivity contribution is 7.85.